The number of amides is 1. The molecule has 1 aromatic rings. The lowest BCUT2D eigenvalue weighted by molar-refractivity contribution is -0.143. The molecule has 0 radical (unpaired) electrons. The van der Waals surface area contributed by atoms with Crippen molar-refractivity contribution in [1.29, 1.82) is 0 Å². The summed E-state index contributed by atoms with van der Waals surface area (Å²) < 4.78 is 4.74. The number of benzene rings is 1. The molecule has 0 spiro atoms. The molecular weight excluding hydrogens is 244 g/mol. The molecule has 0 aliphatic carbocycles. The summed E-state index contributed by atoms with van der Waals surface area (Å²) in [4.78, 5) is 25.8. The minimum absolute atomic E-state index is 0.149. The van der Waals surface area contributed by atoms with Crippen LogP contribution in [0.2, 0.25) is 0 Å². The number of methoxy groups -OCH3 is 1. The topological polar surface area (TPSA) is 58.6 Å². The highest BCUT2D eigenvalue weighted by Crippen LogP contribution is 2.36. The van der Waals surface area contributed by atoms with Crippen LogP contribution in [0.5, 0.6) is 0 Å². The number of esters is 1. The second-order valence-electron chi connectivity index (χ2n) is 5.14. The first kappa shape index (κ1) is 13.4. The number of carbonyl (C=O) groups is 2. The lowest BCUT2D eigenvalue weighted by atomic mass is 9.96. The SMILES string of the molecule is COC(=O)C(C)N1C(=O)C(C)(C)Nc2ccccc21. The molecule has 0 bridgehead atoms. The Bertz CT molecular complexity index is 525. The van der Waals surface area contributed by atoms with Crippen LogP contribution in [0.25, 0.3) is 0 Å². The Balaban J connectivity index is 2.51. The number of hydrogen-bond acceptors (Lipinski definition) is 4. The molecule has 1 heterocycles. The standard InChI is InChI=1S/C14H18N2O3/c1-9(12(17)19-4)16-11-8-6-5-7-10(11)15-14(2,3)13(16)18/h5-9,15H,1-4H3. The lowest BCUT2D eigenvalue weighted by Gasteiger charge is -2.41. The van der Waals surface area contributed by atoms with Gasteiger partial charge < -0.3 is 10.1 Å². The maximum atomic E-state index is 12.5. The summed E-state index contributed by atoms with van der Waals surface area (Å²) in [6, 6.07) is 6.78. The molecule has 1 amide bonds. The lowest BCUT2D eigenvalue weighted by Crippen LogP contribution is -2.58. The van der Waals surface area contributed by atoms with Crippen molar-refractivity contribution in [3.05, 3.63) is 24.3 Å². The zero-order chi connectivity index (χ0) is 14.2. The maximum Gasteiger partial charge on any atom is 0.328 e. The van der Waals surface area contributed by atoms with Crippen LogP contribution >= 0.6 is 0 Å². The smallest absolute Gasteiger partial charge is 0.328 e. The van der Waals surface area contributed by atoms with Crippen LogP contribution in [-0.2, 0) is 14.3 Å². The van der Waals surface area contributed by atoms with E-state index < -0.39 is 17.6 Å². The van der Waals surface area contributed by atoms with E-state index in [1.807, 2.05) is 24.3 Å². The molecule has 0 fully saturated rings. The average molecular weight is 262 g/mol. The number of anilines is 2. The summed E-state index contributed by atoms with van der Waals surface area (Å²) in [5.41, 5.74) is 0.781. The van der Waals surface area contributed by atoms with E-state index in [-0.39, 0.29) is 5.91 Å². The third-order valence-corrected chi connectivity index (χ3v) is 3.29. The number of rotatable bonds is 2. The second kappa shape index (κ2) is 4.57. The molecule has 1 unspecified atom stereocenters. The highest BCUT2D eigenvalue weighted by atomic mass is 16.5. The van der Waals surface area contributed by atoms with E-state index >= 15 is 0 Å². The number of carbonyl (C=O) groups excluding carboxylic acids is 2. The molecule has 5 heteroatoms. The molecule has 0 saturated carbocycles. The Hall–Kier alpha value is -2.04. The summed E-state index contributed by atoms with van der Waals surface area (Å²) >= 11 is 0. The quantitative estimate of drug-likeness (QED) is 0.825. The van der Waals surface area contributed by atoms with Gasteiger partial charge in [-0.2, -0.15) is 0 Å². The fourth-order valence-corrected chi connectivity index (χ4v) is 2.25. The summed E-state index contributed by atoms with van der Waals surface area (Å²) in [5, 5.41) is 3.18. The van der Waals surface area contributed by atoms with Gasteiger partial charge in [-0.25, -0.2) is 4.79 Å². The van der Waals surface area contributed by atoms with E-state index in [1.165, 1.54) is 12.0 Å². The van der Waals surface area contributed by atoms with Crippen molar-refractivity contribution >= 4 is 23.3 Å². The fourth-order valence-electron chi connectivity index (χ4n) is 2.25. The van der Waals surface area contributed by atoms with E-state index in [0.29, 0.717) is 5.69 Å². The largest absolute Gasteiger partial charge is 0.467 e. The van der Waals surface area contributed by atoms with Crippen LogP contribution in [-0.4, -0.2) is 30.6 Å². The number of nitrogens with zero attached hydrogens (tertiary/aromatic N) is 1. The van der Waals surface area contributed by atoms with Gasteiger partial charge in [0.2, 0.25) is 0 Å². The van der Waals surface area contributed by atoms with Crippen molar-refractivity contribution in [3.8, 4) is 0 Å². The molecule has 2 rings (SSSR count). The van der Waals surface area contributed by atoms with Crippen LogP contribution < -0.4 is 10.2 Å². The predicted octanol–water partition coefficient (Wildman–Crippen LogP) is 1.79. The van der Waals surface area contributed by atoms with Crippen molar-refractivity contribution in [2.75, 3.05) is 17.3 Å². The van der Waals surface area contributed by atoms with Crippen molar-refractivity contribution in [1.82, 2.24) is 0 Å². The van der Waals surface area contributed by atoms with Gasteiger partial charge in [-0.1, -0.05) is 12.1 Å². The van der Waals surface area contributed by atoms with Gasteiger partial charge in [-0.15, -0.1) is 0 Å². The zero-order valence-corrected chi connectivity index (χ0v) is 11.6. The van der Waals surface area contributed by atoms with Gasteiger partial charge in [0.1, 0.15) is 11.6 Å². The molecule has 1 aliphatic heterocycles. The molecule has 1 aliphatic rings. The molecule has 0 saturated heterocycles. The highest BCUT2D eigenvalue weighted by molar-refractivity contribution is 6.10. The molecule has 1 atom stereocenters. The van der Waals surface area contributed by atoms with E-state index in [9.17, 15) is 9.59 Å². The molecule has 19 heavy (non-hydrogen) atoms. The summed E-state index contributed by atoms with van der Waals surface area (Å²) in [5.74, 6) is -0.579. The predicted molar refractivity (Wildman–Crippen MR) is 73.1 cm³/mol. The van der Waals surface area contributed by atoms with Gasteiger partial charge in [-0.05, 0) is 32.9 Å². The summed E-state index contributed by atoms with van der Waals surface area (Å²) in [6.45, 7) is 5.26. The van der Waals surface area contributed by atoms with E-state index in [2.05, 4.69) is 5.32 Å². The molecule has 5 nitrogen and oxygen atoms in total. The minimum Gasteiger partial charge on any atom is -0.467 e. The van der Waals surface area contributed by atoms with E-state index in [0.717, 1.165) is 5.69 Å². The van der Waals surface area contributed by atoms with E-state index in [1.54, 1.807) is 20.8 Å². The van der Waals surface area contributed by atoms with Crippen molar-refractivity contribution < 1.29 is 14.3 Å². The first-order valence-electron chi connectivity index (χ1n) is 6.17. The Labute approximate surface area is 112 Å². The van der Waals surface area contributed by atoms with Crippen LogP contribution in [0.1, 0.15) is 20.8 Å². The van der Waals surface area contributed by atoms with Crippen molar-refractivity contribution in [2.24, 2.45) is 0 Å². The van der Waals surface area contributed by atoms with Gasteiger partial charge in [0.25, 0.3) is 5.91 Å². The average Bonchev–Trinajstić information content (AvgIpc) is 2.38. The summed E-state index contributed by atoms with van der Waals surface area (Å²) in [6.07, 6.45) is 0. The van der Waals surface area contributed by atoms with Crippen molar-refractivity contribution in [3.63, 3.8) is 0 Å². The fraction of sp³-hybridized carbons (Fsp3) is 0.429. The second-order valence-corrected chi connectivity index (χ2v) is 5.14. The van der Waals surface area contributed by atoms with E-state index in [4.69, 9.17) is 4.74 Å². The Morgan fingerprint density at radius 3 is 2.63 bits per heavy atom. The zero-order valence-electron chi connectivity index (χ0n) is 11.6. The Morgan fingerprint density at radius 1 is 1.37 bits per heavy atom. The van der Waals surface area contributed by atoms with Gasteiger partial charge in [0.05, 0.1) is 18.5 Å². The van der Waals surface area contributed by atoms with Gasteiger partial charge in [-0.3, -0.25) is 9.69 Å². The number of fused-ring (bicyclic) bond motifs is 1. The Kier molecular flexibility index (Phi) is 3.22. The molecule has 1 N–H and O–H groups in total. The highest BCUT2D eigenvalue weighted by Gasteiger charge is 2.42. The minimum atomic E-state index is -0.753. The van der Waals surface area contributed by atoms with Gasteiger partial charge in [0.15, 0.2) is 0 Å². The van der Waals surface area contributed by atoms with Crippen LogP contribution in [0.3, 0.4) is 0 Å². The molecule has 0 aromatic heterocycles. The monoisotopic (exact) mass is 262 g/mol. The molecule has 102 valence electrons. The first-order chi connectivity index (χ1) is 8.88. The van der Waals surface area contributed by atoms with Gasteiger partial charge in [0, 0.05) is 0 Å². The normalized spacial score (nSPS) is 18.3. The number of nitrogens with one attached hydrogen (secondary N) is 1. The third-order valence-electron chi connectivity index (χ3n) is 3.29. The summed E-state index contributed by atoms with van der Waals surface area (Å²) in [7, 11) is 1.32. The Morgan fingerprint density at radius 2 is 2.00 bits per heavy atom. The van der Waals surface area contributed by atoms with Gasteiger partial charge >= 0.3 is 5.97 Å². The first-order valence-corrected chi connectivity index (χ1v) is 6.17. The number of hydrogen-bond donors (Lipinski definition) is 1. The van der Waals surface area contributed by atoms with Crippen LogP contribution in [0, 0.1) is 0 Å². The van der Waals surface area contributed by atoms with Crippen LogP contribution in [0.4, 0.5) is 11.4 Å². The van der Waals surface area contributed by atoms with Crippen LogP contribution in [0.15, 0.2) is 24.3 Å². The molecular formula is C14H18N2O3. The number of para-hydroxylation sites is 2. The molecule has 1 aromatic carbocycles. The number of ether oxygens (including phenoxy) is 1. The third kappa shape index (κ3) is 2.16. The van der Waals surface area contributed by atoms with Crippen molar-refractivity contribution in [2.45, 2.75) is 32.4 Å². The maximum absolute atomic E-state index is 12.5.